The van der Waals surface area contributed by atoms with Crippen LogP contribution in [0.15, 0.2) is 67.1 Å². The molecule has 0 aliphatic heterocycles. The fourth-order valence-corrected chi connectivity index (χ4v) is 5.00. The Bertz CT molecular complexity index is 1760. The van der Waals surface area contributed by atoms with Gasteiger partial charge in [-0.1, -0.05) is 12.1 Å². The molecular formula is C29H24F2N6O3S. The van der Waals surface area contributed by atoms with E-state index >= 15 is 0 Å². The number of carbonyl (C=O) groups excluding carboxylic acids is 2. The highest BCUT2D eigenvalue weighted by Gasteiger charge is 2.18. The van der Waals surface area contributed by atoms with Crippen LogP contribution < -0.4 is 16.4 Å². The third kappa shape index (κ3) is 6.28. The number of pyridine rings is 1. The van der Waals surface area contributed by atoms with Gasteiger partial charge in [-0.2, -0.15) is 0 Å². The van der Waals surface area contributed by atoms with E-state index in [4.69, 9.17) is 10.5 Å². The summed E-state index contributed by atoms with van der Waals surface area (Å²) >= 11 is 1.55. The van der Waals surface area contributed by atoms with Crippen molar-refractivity contribution >= 4 is 45.8 Å². The summed E-state index contributed by atoms with van der Waals surface area (Å²) < 4.78 is 31.9. The molecule has 3 heterocycles. The molecule has 208 valence electrons. The maximum atomic E-state index is 13.6. The van der Waals surface area contributed by atoms with Crippen molar-refractivity contribution in [3.05, 3.63) is 100 Å². The Morgan fingerprint density at radius 3 is 2.63 bits per heavy atom. The quantitative estimate of drug-likeness (QED) is 0.201. The van der Waals surface area contributed by atoms with Gasteiger partial charge in [0.2, 0.25) is 0 Å². The summed E-state index contributed by atoms with van der Waals surface area (Å²) in [5.41, 5.74) is 8.31. The van der Waals surface area contributed by atoms with E-state index in [9.17, 15) is 18.4 Å². The lowest BCUT2D eigenvalue weighted by atomic mass is 10.1. The van der Waals surface area contributed by atoms with Crippen molar-refractivity contribution in [2.45, 2.75) is 20.0 Å². The summed E-state index contributed by atoms with van der Waals surface area (Å²) in [6, 6.07) is 14.5. The standard InChI is InChI=1S/C29H24F2N6O3S/c1-2-40-29(39)18-11-21(28(38)35-12-16-3-6-22(30)23(31)9-16)27(33-13-18)34-14-19-5-8-25(41-19)17-4-7-24-20(10-17)26(32)37-15-36-24/h3-11,13,15H,2,12,14H2,1H3,(H,33,34)(H,35,38)(H2,32,36,37). The van der Waals surface area contributed by atoms with Crippen LogP contribution in [-0.4, -0.2) is 33.4 Å². The molecule has 12 heteroatoms. The lowest BCUT2D eigenvalue weighted by Gasteiger charge is -2.13. The van der Waals surface area contributed by atoms with E-state index in [-0.39, 0.29) is 30.1 Å². The first-order chi connectivity index (χ1) is 19.8. The van der Waals surface area contributed by atoms with Crippen LogP contribution in [0.3, 0.4) is 0 Å². The Hall–Kier alpha value is -4.97. The number of hydrogen-bond donors (Lipinski definition) is 3. The van der Waals surface area contributed by atoms with E-state index in [2.05, 4.69) is 25.6 Å². The van der Waals surface area contributed by atoms with Gasteiger partial charge in [-0.05, 0) is 60.5 Å². The summed E-state index contributed by atoms with van der Waals surface area (Å²) in [7, 11) is 0. The van der Waals surface area contributed by atoms with Crippen LogP contribution in [0.4, 0.5) is 20.4 Å². The van der Waals surface area contributed by atoms with Crippen LogP contribution >= 0.6 is 11.3 Å². The van der Waals surface area contributed by atoms with Crippen LogP contribution in [-0.2, 0) is 17.8 Å². The van der Waals surface area contributed by atoms with E-state index < -0.39 is 23.5 Å². The number of hydrogen-bond acceptors (Lipinski definition) is 9. The van der Waals surface area contributed by atoms with Crippen LogP contribution in [0.2, 0.25) is 0 Å². The molecule has 0 atom stereocenters. The van der Waals surface area contributed by atoms with Gasteiger partial charge in [0.1, 0.15) is 18.0 Å². The minimum absolute atomic E-state index is 0.0608. The molecule has 5 rings (SSSR count). The normalized spacial score (nSPS) is 10.9. The smallest absolute Gasteiger partial charge is 0.339 e. The number of rotatable bonds is 9. The molecule has 0 bridgehead atoms. The molecular weight excluding hydrogens is 550 g/mol. The van der Waals surface area contributed by atoms with Gasteiger partial charge in [0, 0.05) is 27.9 Å². The van der Waals surface area contributed by atoms with Gasteiger partial charge in [0.15, 0.2) is 11.6 Å². The third-order valence-corrected chi connectivity index (χ3v) is 7.26. The average molecular weight is 575 g/mol. The molecule has 5 aromatic rings. The largest absolute Gasteiger partial charge is 0.462 e. The Labute approximate surface area is 237 Å². The molecule has 0 saturated heterocycles. The number of nitrogens with two attached hydrogens (primary N) is 1. The molecule has 2 aromatic carbocycles. The second-order valence-electron chi connectivity index (χ2n) is 8.88. The van der Waals surface area contributed by atoms with Crippen LogP contribution in [0.25, 0.3) is 21.3 Å². The minimum Gasteiger partial charge on any atom is -0.462 e. The van der Waals surface area contributed by atoms with Gasteiger partial charge < -0.3 is 21.1 Å². The van der Waals surface area contributed by atoms with Gasteiger partial charge in [-0.3, -0.25) is 4.79 Å². The topological polar surface area (TPSA) is 132 Å². The predicted molar refractivity (Wildman–Crippen MR) is 152 cm³/mol. The number of esters is 1. The lowest BCUT2D eigenvalue weighted by Crippen LogP contribution is -2.25. The van der Waals surface area contributed by atoms with Crippen molar-refractivity contribution in [2.24, 2.45) is 0 Å². The van der Waals surface area contributed by atoms with Crippen molar-refractivity contribution in [1.82, 2.24) is 20.3 Å². The Morgan fingerprint density at radius 1 is 0.976 bits per heavy atom. The van der Waals surface area contributed by atoms with E-state index in [1.54, 1.807) is 18.3 Å². The molecule has 0 aliphatic rings. The molecule has 4 N–H and O–H groups in total. The summed E-state index contributed by atoms with van der Waals surface area (Å²) in [5.74, 6) is -2.52. The van der Waals surface area contributed by atoms with Crippen molar-refractivity contribution in [2.75, 3.05) is 17.7 Å². The molecule has 0 fully saturated rings. The number of carbonyl (C=O) groups is 2. The molecule has 41 heavy (non-hydrogen) atoms. The fourth-order valence-electron chi connectivity index (χ4n) is 4.06. The van der Waals surface area contributed by atoms with Gasteiger partial charge in [-0.15, -0.1) is 11.3 Å². The first kappa shape index (κ1) is 27.6. The van der Waals surface area contributed by atoms with Crippen LogP contribution in [0, 0.1) is 11.6 Å². The molecule has 1 amide bonds. The Morgan fingerprint density at radius 2 is 1.83 bits per heavy atom. The molecule has 0 unspecified atom stereocenters. The Kier molecular flexibility index (Phi) is 8.11. The molecule has 0 aliphatic carbocycles. The number of thiophene rings is 1. The fraction of sp³-hybridized carbons (Fsp3) is 0.138. The number of fused-ring (bicyclic) bond motifs is 1. The number of nitrogen functional groups attached to an aromatic ring is 1. The molecule has 3 aromatic heterocycles. The first-order valence-electron chi connectivity index (χ1n) is 12.5. The van der Waals surface area contributed by atoms with Crippen LogP contribution in [0.1, 0.15) is 38.1 Å². The average Bonchev–Trinajstić information content (AvgIpc) is 3.46. The summed E-state index contributed by atoms with van der Waals surface area (Å²) in [6.45, 7) is 2.12. The summed E-state index contributed by atoms with van der Waals surface area (Å²) in [5, 5.41) is 6.60. The second-order valence-corrected chi connectivity index (χ2v) is 10.1. The zero-order valence-corrected chi connectivity index (χ0v) is 22.6. The number of nitrogens with zero attached hydrogens (tertiary/aromatic N) is 3. The zero-order valence-electron chi connectivity index (χ0n) is 21.8. The number of aromatic nitrogens is 3. The number of ether oxygens (including phenoxy) is 1. The summed E-state index contributed by atoms with van der Waals surface area (Å²) in [6.07, 6.45) is 2.75. The predicted octanol–water partition coefficient (Wildman–Crippen LogP) is 5.33. The minimum atomic E-state index is -1.01. The monoisotopic (exact) mass is 574 g/mol. The summed E-state index contributed by atoms with van der Waals surface area (Å²) in [4.78, 5) is 40.0. The maximum absolute atomic E-state index is 13.6. The maximum Gasteiger partial charge on any atom is 0.339 e. The van der Waals surface area contributed by atoms with Crippen LogP contribution in [0.5, 0.6) is 0 Å². The van der Waals surface area contributed by atoms with E-state index in [1.165, 1.54) is 24.7 Å². The first-order valence-corrected chi connectivity index (χ1v) is 13.4. The lowest BCUT2D eigenvalue weighted by molar-refractivity contribution is 0.0526. The number of amides is 1. The van der Waals surface area contributed by atoms with E-state index in [0.717, 1.165) is 38.4 Å². The van der Waals surface area contributed by atoms with Crippen molar-refractivity contribution in [1.29, 1.82) is 0 Å². The SMILES string of the molecule is CCOC(=O)c1cnc(NCc2ccc(-c3ccc4ncnc(N)c4c3)s2)c(C(=O)NCc2ccc(F)c(F)c2)c1. The molecule has 0 saturated carbocycles. The van der Waals surface area contributed by atoms with Gasteiger partial charge >= 0.3 is 5.97 Å². The number of nitrogens with one attached hydrogen (secondary N) is 2. The van der Waals surface area contributed by atoms with E-state index in [0.29, 0.717) is 17.9 Å². The highest BCUT2D eigenvalue weighted by molar-refractivity contribution is 7.15. The number of anilines is 2. The van der Waals surface area contributed by atoms with Crippen molar-refractivity contribution in [3.63, 3.8) is 0 Å². The molecule has 0 spiro atoms. The highest BCUT2D eigenvalue weighted by atomic mass is 32.1. The second kappa shape index (κ2) is 12.0. The number of halogens is 2. The molecule has 9 nitrogen and oxygen atoms in total. The zero-order chi connectivity index (χ0) is 28.9. The Balaban J connectivity index is 1.34. The number of benzene rings is 2. The van der Waals surface area contributed by atoms with E-state index in [1.807, 2.05) is 30.3 Å². The van der Waals surface area contributed by atoms with Crippen molar-refractivity contribution < 1.29 is 23.1 Å². The highest BCUT2D eigenvalue weighted by Crippen LogP contribution is 2.31. The van der Waals surface area contributed by atoms with Crippen molar-refractivity contribution in [3.8, 4) is 10.4 Å². The van der Waals surface area contributed by atoms with Gasteiger partial charge in [0.25, 0.3) is 5.91 Å². The van der Waals surface area contributed by atoms with Gasteiger partial charge in [0.05, 0.1) is 29.8 Å². The third-order valence-electron chi connectivity index (χ3n) is 6.12. The van der Waals surface area contributed by atoms with Gasteiger partial charge in [-0.25, -0.2) is 28.5 Å². The molecule has 0 radical (unpaired) electrons.